The van der Waals surface area contributed by atoms with Gasteiger partial charge >= 0.3 is 0 Å². The highest BCUT2D eigenvalue weighted by molar-refractivity contribution is 5.98. The Morgan fingerprint density at radius 1 is 1.60 bits per heavy atom. The number of furan rings is 1. The summed E-state index contributed by atoms with van der Waals surface area (Å²) >= 11 is 0. The van der Waals surface area contributed by atoms with Gasteiger partial charge in [0.05, 0.1) is 12.1 Å². The molecule has 0 aromatic carbocycles. The standard InChI is InChI=1S/C13H19N3O3.ClH/c1-8(2)11-12(17)15-3-4-16(11)13(18)9-5-10(6-14)19-7-9;/h5,7-8,11H,3-4,6,14H2,1-2H3,(H,15,17);1H. The number of piperazine rings is 1. The quantitative estimate of drug-likeness (QED) is 0.862. The van der Waals surface area contributed by atoms with E-state index in [1.54, 1.807) is 11.0 Å². The minimum absolute atomic E-state index is 0. The normalized spacial score (nSPS) is 18.7. The van der Waals surface area contributed by atoms with E-state index < -0.39 is 6.04 Å². The zero-order valence-electron chi connectivity index (χ0n) is 11.6. The first-order valence-electron chi connectivity index (χ1n) is 6.40. The second-order valence-corrected chi connectivity index (χ2v) is 4.98. The predicted molar refractivity (Wildman–Crippen MR) is 76.5 cm³/mol. The molecule has 2 heterocycles. The molecular formula is C13H20ClN3O3. The average Bonchev–Trinajstić information content (AvgIpc) is 2.85. The molecule has 112 valence electrons. The predicted octanol–water partition coefficient (Wildman–Crippen LogP) is 0.757. The molecule has 1 saturated heterocycles. The van der Waals surface area contributed by atoms with Crippen LogP contribution in [0.1, 0.15) is 30.0 Å². The maximum Gasteiger partial charge on any atom is 0.257 e. The molecule has 1 aromatic heterocycles. The fourth-order valence-corrected chi connectivity index (χ4v) is 2.34. The highest BCUT2D eigenvalue weighted by Gasteiger charge is 2.35. The van der Waals surface area contributed by atoms with E-state index in [1.807, 2.05) is 13.8 Å². The molecule has 3 N–H and O–H groups in total. The van der Waals surface area contributed by atoms with Crippen LogP contribution in [-0.2, 0) is 11.3 Å². The molecule has 0 spiro atoms. The summed E-state index contributed by atoms with van der Waals surface area (Å²) in [6.07, 6.45) is 1.40. The van der Waals surface area contributed by atoms with Crippen LogP contribution in [0.2, 0.25) is 0 Å². The molecule has 7 heteroatoms. The highest BCUT2D eigenvalue weighted by atomic mass is 35.5. The van der Waals surface area contributed by atoms with Gasteiger partial charge < -0.3 is 20.4 Å². The van der Waals surface area contributed by atoms with Gasteiger partial charge in [0, 0.05) is 13.1 Å². The number of carbonyl (C=O) groups excluding carboxylic acids is 2. The van der Waals surface area contributed by atoms with Crippen LogP contribution in [0.5, 0.6) is 0 Å². The Labute approximate surface area is 124 Å². The van der Waals surface area contributed by atoms with E-state index in [9.17, 15) is 9.59 Å². The smallest absolute Gasteiger partial charge is 0.257 e. The molecule has 1 aromatic rings. The van der Waals surface area contributed by atoms with Crippen LogP contribution in [0.3, 0.4) is 0 Å². The Balaban J connectivity index is 0.00000200. The molecular weight excluding hydrogens is 282 g/mol. The number of rotatable bonds is 3. The molecule has 2 amide bonds. The summed E-state index contributed by atoms with van der Waals surface area (Å²) in [5.74, 6) is 0.338. The van der Waals surface area contributed by atoms with Gasteiger partial charge in [-0.25, -0.2) is 0 Å². The van der Waals surface area contributed by atoms with E-state index in [1.165, 1.54) is 6.26 Å². The van der Waals surface area contributed by atoms with Crippen molar-refractivity contribution < 1.29 is 14.0 Å². The molecule has 1 fully saturated rings. The Bertz CT molecular complexity index is 487. The van der Waals surface area contributed by atoms with Crippen LogP contribution < -0.4 is 11.1 Å². The van der Waals surface area contributed by atoms with Crippen LogP contribution in [0.15, 0.2) is 16.7 Å². The second kappa shape index (κ2) is 6.76. The van der Waals surface area contributed by atoms with Gasteiger partial charge in [0.25, 0.3) is 5.91 Å². The topological polar surface area (TPSA) is 88.6 Å². The first-order chi connectivity index (χ1) is 9.04. The fourth-order valence-electron chi connectivity index (χ4n) is 2.34. The molecule has 0 radical (unpaired) electrons. The van der Waals surface area contributed by atoms with Gasteiger partial charge in [0.15, 0.2) is 0 Å². The Kier molecular flexibility index (Phi) is 5.59. The molecule has 0 bridgehead atoms. The summed E-state index contributed by atoms with van der Waals surface area (Å²) < 4.78 is 5.18. The number of amides is 2. The van der Waals surface area contributed by atoms with Gasteiger partial charge in [-0.05, 0) is 12.0 Å². The van der Waals surface area contributed by atoms with E-state index in [4.69, 9.17) is 10.2 Å². The third-order valence-corrected chi connectivity index (χ3v) is 3.25. The SMILES string of the molecule is CC(C)C1C(=O)NCCN1C(=O)c1coc(CN)c1.Cl. The highest BCUT2D eigenvalue weighted by Crippen LogP contribution is 2.18. The first kappa shape index (κ1) is 16.5. The molecule has 6 nitrogen and oxygen atoms in total. The van der Waals surface area contributed by atoms with E-state index in [-0.39, 0.29) is 36.7 Å². The zero-order valence-corrected chi connectivity index (χ0v) is 12.4. The van der Waals surface area contributed by atoms with Crippen molar-refractivity contribution in [1.29, 1.82) is 0 Å². The largest absolute Gasteiger partial charge is 0.467 e. The summed E-state index contributed by atoms with van der Waals surface area (Å²) in [6, 6.07) is 1.20. The van der Waals surface area contributed by atoms with Gasteiger partial charge in [-0.1, -0.05) is 13.8 Å². The molecule has 0 aliphatic carbocycles. The van der Waals surface area contributed by atoms with Crippen LogP contribution in [0.4, 0.5) is 0 Å². The summed E-state index contributed by atoms with van der Waals surface area (Å²) in [6.45, 7) is 5.10. The molecule has 1 atom stereocenters. The van der Waals surface area contributed by atoms with Crippen LogP contribution in [0.25, 0.3) is 0 Å². The number of nitrogens with two attached hydrogens (primary N) is 1. The number of hydrogen-bond acceptors (Lipinski definition) is 4. The molecule has 20 heavy (non-hydrogen) atoms. The van der Waals surface area contributed by atoms with Crippen LogP contribution in [0, 0.1) is 5.92 Å². The van der Waals surface area contributed by atoms with Crippen molar-refractivity contribution in [2.75, 3.05) is 13.1 Å². The minimum Gasteiger partial charge on any atom is -0.467 e. The average molecular weight is 302 g/mol. The van der Waals surface area contributed by atoms with E-state index in [2.05, 4.69) is 5.32 Å². The lowest BCUT2D eigenvalue weighted by molar-refractivity contribution is -0.129. The van der Waals surface area contributed by atoms with E-state index in [0.717, 1.165) is 0 Å². The van der Waals surface area contributed by atoms with Gasteiger partial charge in [0.1, 0.15) is 18.1 Å². The lowest BCUT2D eigenvalue weighted by Crippen LogP contribution is -2.59. The molecule has 1 unspecified atom stereocenters. The van der Waals surface area contributed by atoms with Gasteiger partial charge in [0.2, 0.25) is 5.91 Å². The van der Waals surface area contributed by atoms with Crippen molar-refractivity contribution in [2.45, 2.75) is 26.4 Å². The number of halogens is 1. The number of nitrogens with one attached hydrogen (secondary N) is 1. The van der Waals surface area contributed by atoms with Gasteiger partial charge in [-0.2, -0.15) is 0 Å². The second-order valence-electron chi connectivity index (χ2n) is 4.98. The van der Waals surface area contributed by atoms with Crippen molar-refractivity contribution >= 4 is 24.2 Å². The third-order valence-electron chi connectivity index (χ3n) is 3.25. The Hall–Kier alpha value is -1.53. The van der Waals surface area contributed by atoms with Crippen molar-refractivity contribution in [1.82, 2.24) is 10.2 Å². The molecule has 2 rings (SSSR count). The molecule has 1 aliphatic heterocycles. The summed E-state index contributed by atoms with van der Waals surface area (Å²) in [4.78, 5) is 25.9. The maximum atomic E-state index is 12.4. The van der Waals surface area contributed by atoms with Crippen LogP contribution >= 0.6 is 12.4 Å². The summed E-state index contributed by atoms with van der Waals surface area (Å²) in [5.41, 5.74) is 5.90. The first-order valence-corrected chi connectivity index (χ1v) is 6.40. The lowest BCUT2D eigenvalue weighted by Gasteiger charge is -2.37. The van der Waals surface area contributed by atoms with Gasteiger partial charge in [-0.15, -0.1) is 12.4 Å². The summed E-state index contributed by atoms with van der Waals surface area (Å²) in [7, 11) is 0. The molecule has 0 saturated carbocycles. The fraction of sp³-hybridized carbons (Fsp3) is 0.538. The monoisotopic (exact) mass is 301 g/mol. The Morgan fingerprint density at radius 2 is 2.30 bits per heavy atom. The van der Waals surface area contributed by atoms with Crippen LogP contribution in [-0.4, -0.2) is 35.8 Å². The third kappa shape index (κ3) is 3.13. The zero-order chi connectivity index (χ0) is 14.0. The van der Waals surface area contributed by atoms with Crippen molar-refractivity contribution in [3.05, 3.63) is 23.7 Å². The number of carbonyl (C=O) groups is 2. The minimum atomic E-state index is -0.433. The number of nitrogens with zero attached hydrogens (tertiary/aromatic N) is 1. The maximum absolute atomic E-state index is 12.4. The van der Waals surface area contributed by atoms with Crippen molar-refractivity contribution in [2.24, 2.45) is 11.7 Å². The number of hydrogen-bond donors (Lipinski definition) is 2. The summed E-state index contributed by atoms with van der Waals surface area (Å²) in [5, 5.41) is 2.79. The lowest BCUT2D eigenvalue weighted by atomic mass is 9.99. The molecule has 1 aliphatic rings. The van der Waals surface area contributed by atoms with Gasteiger partial charge in [-0.3, -0.25) is 9.59 Å². The van der Waals surface area contributed by atoms with E-state index in [0.29, 0.717) is 24.4 Å². The van der Waals surface area contributed by atoms with E-state index >= 15 is 0 Å². The Morgan fingerprint density at radius 3 is 2.85 bits per heavy atom. The van der Waals surface area contributed by atoms with Crippen molar-refractivity contribution in [3.63, 3.8) is 0 Å². The van der Waals surface area contributed by atoms with Crippen molar-refractivity contribution in [3.8, 4) is 0 Å².